The van der Waals surface area contributed by atoms with Gasteiger partial charge in [-0.15, -0.1) is 0 Å². The normalized spacial score (nSPS) is 15.1. The number of Topliss-reactive ketones (excluding diaryl/α,β-unsaturated/α-hetero) is 1. The standard InChI is InChI=1S/C14H16BrNO3/c1-14(2,19-3)7-8-16-10-6-4-5-9(15)11(10)12(17)13(16)18/h4-6H,7-8H2,1-3H3. The molecule has 0 unspecified atom stereocenters. The molecule has 0 saturated carbocycles. The van der Waals surface area contributed by atoms with Crippen LogP contribution in [0, 0.1) is 0 Å². The van der Waals surface area contributed by atoms with E-state index in [0.29, 0.717) is 28.7 Å². The molecule has 1 aliphatic heterocycles. The molecule has 2 rings (SSSR count). The van der Waals surface area contributed by atoms with Crippen molar-refractivity contribution >= 4 is 33.3 Å². The predicted molar refractivity (Wildman–Crippen MR) is 76.5 cm³/mol. The van der Waals surface area contributed by atoms with Gasteiger partial charge >= 0.3 is 0 Å². The lowest BCUT2D eigenvalue weighted by Gasteiger charge is -2.26. The fourth-order valence-corrected chi connectivity index (χ4v) is 2.54. The van der Waals surface area contributed by atoms with Gasteiger partial charge in [-0.25, -0.2) is 0 Å². The van der Waals surface area contributed by atoms with E-state index in [9.17, 15) is 9.59 Å². The lowest BCUT2D eigenvalue weighted by atomic mass is 10.1. The number of carbonyl (C=O) groups excluding carboxylic acids is 2. The molecule has 4 nitrogen and oxygen atoms in total. The molecule has 0 saturated heterocycles. The zero-order valence-electron chi connectivity index (χ0n) is 11.2. The molecule has 1 aromatic carbocycles. The summed E-state index contributed by atoms with van der Waals surface area (Å²) in [5.41, 5.74) is 0.817. The maximum Gasteiger partial charge on any atom is 0.299 e. The number of ether oxygens (including phenoxy) is 1. The number of methoxy groups -OCH3 is 1. The Bertz CT molecular complexity index is 539. The Hall–Kier alpha value is -1.20. The molecule has 5 heteroatoms. The number of rotatable bonds is 4. The van der Waals surface area contributed by atoms with Gasteiger partial charge in [-0.3, -0.25) is 9.59 Å². The average Bonchev–Trinajstić information content (AvgIpc) is 2.61. The first-order valence-electron chi connectivity index (χ1n) is 6.07. The Kier molecular flexibility index (Phi) is 3.78. The summed E-state index contributed by atoms with van der Waals surface area (Å²) in [6, 6.07) is 5.39. The van der Waals surface area contributed by atoms with E-state index in [1.165, 1.54) is 4.90 Å². The lowest BCUT2D eigenvalue weighted by molar-refractivity contribution is -0.114. The fraction of sp³-hybridized carbons (Fsp3) is 0.429. The Balaban J connectivity index is 2.27. The highest BCUT2D eigenvalue weighted by molar-refractivity contribution is 9.10. The highest BCUT2D eigenvalue weighted by Gasteiger charge is 2.37. The summed E-state index contributed by atoms with van der Waals surface area (Å²) in [4.78, 5) is 25.5. The number of nitrogens with zero attached hydrogens (tertiary/aromatic N) is 1. The minimum absolute atomic E-state index is 0.321. The van der Waals surface area contributed by atoms with Gasteiger partial charge < -0.3 is 9.64 Å². The SMILES string of the molecule is COC(C)(C)CCN1C(=O)C(=O)c2c(Br)cccc21. The van der Waals surface area contributed by atoms with Crippen LogP contribution in [-0.2, 0) is 9.53 Å². The highest BCUT2D eigenvalue weighted by atomic mass is 79.9. The zero-order valence-corrected chi connectivity index (χ0v) is 12.8. The van der Waals surface area contributed by atoms with Gasteiger partial charge in [0.15, 0.2) is 0 Å². The maximum absolute atomic E-state index is 12.0. The van der Waals surface area contributed by atoms with Crippen molar-refractivity contribution in [2.24, 2.45) is 0 Å². The maximum atomic E-state index is 12.0. The molecule has 1 aromatic rings. The molecule has 0 fully saturated rings. The molecule has 0 spiro atoms. The van der Waals surface area contributed by atoms with Crippen molar-refractivity contribution in [3.8, 4) is 0 Å². The van der Waals surface area contributed by atoms with Gasteiger partial charge in [-0.2, -0.15) is 0 Å². The minimum atomic E-state index is -0.464. The molecule has 0 atom stereocenters. The molecule has 102 valence electrons. The van der Waals surface area contributed by atoms with Crippen molar-refractivity contribution in [3.63, 3.8) is 0 Å². The second kappa shape index (κ2) is 5.06. The summed E-state index contributed by atoms with van der Waals surface area (Å²) < 4.78 is 6.00. The van der Waals surface area contributed by atoms with Gasteiger partial charge in [0.25, 0.3) is 11.7 Å². The van der Waals surface area contributed by atoms with E-state index < -0.39 is 11.7 Å². The van der Waals surface area contributed by atoms with E-state index in [-0.39, 0.29) is 5.60 Å². The van der Waals surface area contributed by atoms with Crippen molar-refractivity contribution in [1.29, 1.82) is 0 Å². The Morgan fingerprint density at radius 1 is 1.32 bits per heavy atom. The van der Waals surface area contributed by atoms with Gasteiger partial charge in [-0.05, 0) is 48.3 Å². The smallest absolute Gasteiger partial charge is 0.299 e. The first-order chi connectivity index (χ1) is 8.87. The van der Waals surface area contributed by atoms with Crippen molar-refractivity contribution in [3.05, 3.63) is 28.2 Å². The van der Waals surface area contributed by atoms with Crippen LogP contribution in [0.15, 0.2) is 22.7 Å². The summed E-state index contributed by atoms with van der Waals surface area (Å²) in [5, 5.41) is 0. The number of fused-ring (bicyclic) bond motifs is 1. The van der Waals surface area contributed by atoms with E-state index in [4.69, 9.17) is 4.74 Å². The number of hydrogen-bond donors (Lipinski definition) is 0. The Morgan fingerprint density at radius 2 is 2.00 bits per heavy atom. The van der Waals surface area contributed by atoms with Crippen LogP contribution < -0.4 is 4.90 Å². The first kappa shape index (κ1) is 14.2. The van der Waals surface area contributed by atoms with Crippen LogP contribution in [0.25, 0.3) is 0 Å². The molecule has 1 amide bonds. The number of benzene rings is 1. The largest absolute Gasteiger partial charge is 0.379 e. The van der Waals surface area contributed by atoms with Gasteiger partial charge in [0.1, 0.15) is 0 Å². The number of anilines is 1. The summed E-state index contributed by atoms with van der Waals surface area (Å²) in [7, 11) is 1.64. The van der Waals surface area contributed by atoms with Crippen molar-refractivity contribution in [2.75, 3.05) is 18.6 Å². The number of hydrogen-bond acceptors (Lipinski definition) is 3. The van der Waals surface area contributed by atoms with E-state index in [2.05, 4.69) is 15.9 Å². The average molecular weight is 326 g/mol. The Labute approximate surface area is 120 Å². The molecule has 0 aliphatic carbocycles. The Morgan fingerprint density at radius 3 is 2.63 bits per heavy atom. The van der Waals surface area contributed by atoms with Crippen LogP contribution in [0.3, 0.4) is 0 Å². The highest BCUT2D eigenvalue weighted by Crippen LogP contribution is 2.34. The van der Waals surface area contributed by atoms with Crippen LogP contribution in [0.4, 0.5) is 5.69 Å². The van der Waals surface area contributed by atoms with Gasteiger partial charge in [0, 0.05) is 18.1 Å². The zero-order chi connectivity index (χ0) is 14.2. The van der Waals surface area contributed by atoms with Crippen LogP contribution >= 0.6 is 15.9 Å². The molecule has 0 radical (unpaired) electrons. The van der Waals surface area contributed by atoms with Crippen LogP contribution in [-0.4, -0.2) is 30.9 Å². The van der Waals surface area contributed by atoms with E-state index in [0.717, 1.165) is 0 Å². The number of amides is 1. The first-order valence-corrected chi connectivity index (χ1v) is 6.86. The second-order valence-corrected chi connectivity index (χ2v) is 5.99. The third-order valence-corrected chi connectivity index (χ3v) is 4.10. The number of carbonyl (C=O) groups is 2. The molecule has 0 aromatic heterocycles. The van der Waals surface area contributed by atoms with E-state index in [1.54, 1.807) is 19.2 Å². The molecular formula is C14H16BrNO3. The minimum Gasteiger partial charge on any atom is -0.379 e. The fourth-order valence-electron chi connectivity index (χ4n) is 2.01. The van der Waals surface area contributed by atoms with Crippen LogP contribution in [0.2, 0.25) is 0 Å². The van der Waals surface area contributed by atoms with Crippen molar-refractivity contribution in [2.45, 2.75) is 25.9 Å². The third kappa shape index (κ3) is 2.58. The molecule has 19 heavy (non-hydrogen) atoms. The topological polar surface area (TPSA) is 46.6 Å². The van der Waals surface area contributed by atoms with Crippen molar-refractivity contribution in [1.82, 2.24) is 0 Å². The molecule has 0 bridgehead atoms. The predicted octanol–water partition coefficient (Wildman–Crippen LogP) is 2.79. The summed E-state index contributed by atoms with van der Waals surface area (Å²) in [5.74, 6) is -0.911. The molecule has 1 aliphatic rings. The summed E-state index contributed by atoms with van der Waals surface area (Å²) in [6.07, 6.45) is 0.661. The summed E-state index contributed by atoms with van der Waals surface area (Å²) in [6.45, 7) is 4.38. The third-order valence-electron chi connectivity index (χ3n) is 3.44. The number of ketones is 1. The quantitative estimate of drug-likeness (QED) is 0.800. The monoisotopic (exact) mass is 325 g/mol. The van der Waals surface area contributed by atoms with Gasteiger partial charge in [-0.1, -0.05) is 6.07 Å². The molecule has 0 N–H and O–H groups in total. The van der Waals surface area contributed by atoms with Gasteiger partial charge in [0.2, 0.25) is 0 Å². The van der Waals surface area contributed by atoms with Crippen LogP contribution in [0.5, 0.6) is 0 Å². The lowest BCUT2D eigenvalue weighted by Crippen LogP contribution is -2.35. The van der Waals surface area contributed by atoms with E-state index >= 15 is 0 Å². The summed E-state index contributed by atoms with van der Waals surface area (Å²) >= 11 is 3.32. The second-order valence-electron chi connectivity index (χ2n) is 5.13. The number of halogens is 1. The molecular weight excluding hydrogens is 310 g/mol. The van der Waals surface area contributed by atoms with Gasteiger partial charge in [0.05, 0.1) is 16.9 Å². The molecule has 1 heterocycles. The van der Waals surface area contributed by atoms with Crippen molar-refractivity contribution < 1.29 is 14.3 Å². The van der Waals surface area contributed by atoms with E-state index in [1.807, 2.05) is 19.9 Å². The van der Waals surface area contributed by atoms with Crippen LogP contribution in [0.1, 0.15) is 30.6 Å².